The number of carbonyl (C=O) groups is 1. The fourth-order valence-corrected chi connectivity index (χ4v) is 3.70. The molecule has 0 saturated carbocycles. The molecule has 1 unspecified atom stereocenters. The first-order chi connectivity index (χ1) is 13.2. The molecule has 1 fully saturated rings. The normalized spacial score (nSPS) is 17.6. The van der Waals surface area contributed by atoms with Crippen molar-refractivity contribution in [1.82, 2.24) is 0 Å². The van der Waals surface area contributed by atoms with E-state index in [4.69, 9.17) is 0 Å². The van der Waals surface area contributed by atoms with Gasteiger partial charge in [-0.05, 0) is 61.4 Å². The lowest BCUT2D eigenvalue weighted by Crippen LogP contribution is -2.47. The maximum absolute atomic E-state index is 12.8. The van der Waals surface area contributed by atoms with Crippen LogP contribution in [0.3, 0.4) is 0 Å². The number of hydrogen-bond acceptors (Lipinski definition) is 5. The van der Waals surface area contributed by atoms with E-state index in [1.165, 1.54) is 24.3 Å². The van der Waals surface area contributed by atoms with Gasteiger partial charge in [-0.1, -0.05) is 0 Å². The van der Waals surface area contributed by atoms with Gasteiger partial charge in [-0.15, -0.1) is 0 Å². The zero-order chi connectivity index (χ0) is 20.3. The van der Waals surface area contributed by atoms with Gasteiger partial charge in [-0.2, -0.15) is 8.78 Å². The van der Waals surface area contributed by atoms with Crippen molar-refractivity contribution in [1.29, 1.82) is 0 Å². The van der Waals surface area contributed by atoms with E-state index in [1.807, 2.05) is 0 Å². The number of rotatable bonds is 6. The summed E-state index contributed by atoms with van der Waals surface area (Å²) < 4.78 is 51.9. The van der Waals surface area contributed by atoms with E-state index in [-0.39, 0.29) is 16.6 Å². The van der Waals surface area contributed by atoms with Gasteiger partial charge in [0.15, 0.2) is 9.84 Å². The van der Waals surface area contributed by atoms with Crippen molar-refractivity contribution in [2.24, 2.45) is 0 Å². The van der Waals surface area contributed by atoms with Crippen molar-refractivity contribution in [2.75, 3.05) is 23.0 Å². The summed E-state index contributed by atoms with van der Waals surface area (Å²) in [5, 5.41) is 3.14. The van der Waals surface area contributed by atoms with Crippen molar-refractivity contribution in [3.8, 4) is 5.75 Å². The molecule has 6 nitrogen and oxygen atoms in total. The Hall–Kier alpha value is -2.68. The Balaban J connectivity index is 1.70. The van der Waals surface area contributed by atoms with Gasteiger partial charge in [0.2, 0.25) is 5.91 Å². The predicted octanol–water partition coefficient (Wildman–Crippen LogP) is 3.30. The quantitative estimate of drug-likeness (QED) is 0.791. The smallest absolute Gasteiger partial charge is 0.387 e. The van der Waals surface area contributed by atoms with Crippen molar-refractivity contribution in [3.05, 3.63) is 48.5 Å². The molecule has 0 spiro atoms. The van der Waals surface area contributed by atoms with Crippen molar-refractivity contribution in [2.45, 2.75) is 30.4 Å². The molecule has 28 heavy (non-hydrogen) atoms. The van der Waals surface area contributed by atoms with Crippen LogP contribution in [0.5, 0.6) is 5.75 Å². The molecule has 1 amide bonds. The molecule has 0 aliphatic carbocycles. The minimum absolute atomic E-state index is 0.0313. The summed E-state index contributed by atoms with van der Waals surface area (Å²) in [4.78, 5) is 14.6. The maximum atomic E-state index is 12.8. The van der Waals surface area contributed by atoms with Crippen LogP contribution in [-0.2, 0) is 14.6 Å². The van der Waals surface area contributed by atoms with Crippen LogP contribution in [-0.4, -0.2) is 39.8 Å². The van der Waals surface area contributed by atoms with E-state index in [1.54, 1.807) is 29.2 Å². The fourth-order valence-electron chi connectivity index (χ4n) is 3.07. The number of amides is 1. The number of piperidine rings is 1. The number of nitrogens with zero attached hydrogens (tertiary/aromatic N) is 1. The van der Waals surface area contributed by atoms with Crippen LogP contribution in [0.2, 0.25) is 0 Å². The van der Waals surface area contributed by atoms with Crippen molar-refractivity contribution >= 4 is 27.1 Å². The molecule has 1 aliphatic heterocycles. The minimum atomic E-state index is -3.28. The molecule has 2 aromatic carbocycles. The van der Waals surface area contributed by atoms with E-state index >= 15 is 0 Å². The van der Waals surface area contributed by atoms with Gasteiger partial charge in [-0.25, -0.2) is 8.42 Å². The first-order valence-corrected chi connectivity index (χ1v) is 10.6. The van der Waals surface area contributed by atoms with E-state index in [0.717, 1.165) is 12.7 Å². The maximum Gasteiger partial charge on any atom is 0.387 e. The molecule has 9 heteroatoms. The Labute approximate surface area is 162 Å². The Morgan fingerprint density at radius 2 is 1.75 bits per heavy atom. The summed E-state index contributed by atoms with van der Waals surface area (Å²) >= 11 is 0. The zero-order valence-corrected chi connectivity index (χ0v) is 16.0. The van der Waals surface area contributed by atoms with Gasteiger partial charge < -0.3 is 15.0 Å². The van der Waals surface area contributed by atoms with Gasteiger partial charge in [0.1, 0.15) is 11.8 Å². The Morgan fingerprint density at radius 3 is 2.32 bits per heavy atom. The minimum Gasteiger partial charge on any atom is -0.435 e. The molecule has 2 aromatic rings. The van der Waals surface area contributed by atoms with Gasteiger partial charge in [0, 0.05) is 24.2 Å². The van der Waals surface area contributed by atoms with E-state index in [9.17, 15) is 22.0 Å². The highest BCUT2D eigenvalue weighted by molar-refractivity contribution is 7.90. The third-order valence-corrected chi connectivity index (χ3v) is 5.56. The number of alkyl halides is 2. The molecule has 1 atom stereocenters. The number of benzene rings is 2. The summed E-state index contributed by atoms with van der Waals surface area (Å²) in [5.74, 6) is -0.107. The number of nitrogens with one attached hydrogen (secondary N) is 1. The third kappa shape index (κ3) is 4.78. The van der Waals surface area contributed by atoms with Gasteiger partial charge in [-0.3, -0.25) is 4.79 Å². The van der Waals surface area contributed by atoms with E-state index in [2.05, 4.69) is 10.1 Å². The molecular formula is C19H20F2N2O4S. The molecule has 1 saturated heterocycles. The number of sulfone groups is 1. The molecule has 1 aliphatic rings. The average molecular weight is 410 g/mol. The number of carbonyl (C=O) groups excluding carboxylic acids is 1. The predicted molar refractivity (Wildman–Crippen MR) is 102 cm³/mol. The Kier molecular flexibility index (Phi) is 5.83. The van der Waals surface area contributed by atoms with Gasteiger partial charge >= 0.3 is 6.61 Å². The molecule has 0 aromatic heterocycles. The highest BCUT2D eigenvalue weighted by atomic mass is 32.2. The second kappa shape index (κ2) is 8.14. The summed E-state index contributed by atoms with van der Waals surface area (Å²) in [5.41, 5.74) is 1.25. The van der Waals surface area contributed by atoms with Crippen LogP contribution in [0.4, 0.5) is 20.2 Å². The highest BCUT2D eigenvalue weighted by Gasteiger charge is 2.29. The third-order valence-electron chi connectivity index (χ3n) is 4.44. The standard InChI is InChI=1S/C19H20F2N2O4S/c1-28(25,26)16-10-4-13(5-11-16)22-17-3-2-12-23(18(17)24)14-6-8-15(9-7-14)27-19(20)21/h4-11,17,19,22H,2-3,12H2,1H3. The van der Waals surface area contributed by atoms with E-state index in [0.29, 0.717) is 24.3 Å². The Bertz CT molecular complexity index is 931. The molecule has 1 heterocycles. The number of anilines is 2. The SMILES string of the molecule is CS(=O)(=O)c1ccc(NC2CCCN(c3ccc(OC(F)F)cc3)C2=O)cc1. The lowest BCUT2D eigenvalue weighted by molar-refractivity contribution is -0.120. The first kappa shape index (κ1) is 20.1. The molecule has 3 rings (SSSR count). The Morgan fingerprint density at radius 1 is 1.11 bits per heavy atom. The second-order valence-electron chi connectivity index (χ2n) is 6.50. The second-order valence-corrected chi connectivity index (χ2v) is 8.51. The molecular weight excluding hydrogens is 390 g/mol. The van der Waals surface area contributed by atoms with E-state index < -0.39 is 22.5 Å². The molecule has 150 valence electrons. The first-order valence-electron chi connectivity index (χ1n) is 8.67. The van der Waals surface area contributed by atoms with Crippen LogP contribution in [0.1, 0.15) is 12.8 Å². The lowest BCUT2D eigenvalue weighted by atomic mass is 10.0. The average Bonchev–Trinajstić information content (AvgIpc) is 2.63. The largest absolute Gasteiger partial charge is 0.435 e. The number of hydrogen-bond donors (Lipinski definition) is 1. The summed E-state index contributed by atoms with van der Waals surface area (Å²) in [6, 6.07) is 11.7. The number of halogens is 2. The van der Waals surface area contributed by atoms with Crippen LogP contribution in [0.25, 0.3) is 0 Å². The fraction of sp³-hybridized carbons (Fsp3) is 0.316. The van der Waals surface area contributed by atoms with Gasteiger partial charge in [0.25, 0.3) is 0 Å². The summed E-state index contributed by atoms with van der Waals surface area (Å²) in [6.45, 7) is -2.37. The van der Waals surface area contributed by atoms with Crippen LogP contribution in [0, 0.1) is 0 Å². The monoisotopic (exact) mass is 410 g/mol. The van der Waals surface area contributed by atoms with Crippen LogP contribution < -0.4 is 15.0 Å². The zero-order valence-electron chi connectivity index (χ0n) is 15.1. The molecule has 1 N–H and O–H groups in total. The molecule has 0 bridgehead atoms. The molecule has 0 radical (unpaired) electrons. The topological polar surface area (TPSA) is 75.7 Å². The van der Waals surface area contributed by atoms with Crippen molar-refractivity contribution < 1.29 is 26.7 Å². The van der Waals surface area contributed by atoms with Gasteiger partial charge in [0.05, 0.1) is 4.90 Å². The van der Waals surface area contributed by atoms with Crippen molar-refractivity contribution in [3.63, 3.8) is 0 Å². The lowest BCUT2D eigenvalue weighted by Gasteiger charge is -2.33. The summed E-state index contributed by atoms with van der Waals surface area (Å²) in [7, 11) is -3.28. The van der Waals surface area contributed by atoms with Crippen LogP contribution in [0.15, 0.2) is 53.4 Å². The number of ether oxygens (including phenoxy) is 1. The van der Waals surface area contributed by atoms with Crippen LogP contribution >= 0.6 is 0 Å². The highest BCUT2D eigenvalue weighted by Crippen LogP contribution is 2.26. The summed E-state index contributed by atoms with van der Waals surface area (Å²) in [6.07, 6.45) is 2.53.